The first-order valence-corrected chi connectivity index (χ1v) is 11.9. The largest absolute Gasteiger partial charge is 0.369 e. The third kappa shape index (κ3) is 4.77. The van der Waals surface area contributed by atoms with Crippen LogP contribution in [0, 0.1) is 17.2 Å². The number of nitriles is 1. The van der Waals surface area contributed by atoms with Crippen molar-refractivity contribution in [3.8, 4) is 6.07 Å². The normalized spacial score (nSPS) is 21.2. The molecule has 0 aliphatic carbocycles. The Morgan fingerprint density at radius 2 is 1.76 bits per heavy atom. The minimum atomic E-state index is 0.393. The van der Waals surface area contributed by atoms with Crippen molar-refractivity contribution in [2.45, 2.75) is 25.9 Å². The van der Waals surface area contributed by atoms with Crippen molar-refractivity contribution >= 4 is 22.4 Å². The Labute approximate surface area is 195 Å². The number of nitrogens with zero attached hydrogens (tertiary/aromatic N) is 5. The molecule has 33 heavy (non-hydrogen) atoms. The van der Waals surface area contributed by atoms with Crippen LogP contribution in [0.3, 0.4) is 0 Å². The summed E-state index contributed by atoms with van der Waals surface area (Å²) >= 11 is 0. The molecule has 2 atom stereocenters. The first kappa shape index (κ1) is 21.6. The summed E-state index contributed by atoms with van der Waals surface area (Å²) in [5, 5.41) is 16.6. The van der Waals surface area contributed by atoms with E-state index in [4.69, 9.17) is 0 Å². The van der Waals surface area contributed by atoms with Crippen molar-refractivity contribution in [2.75, 3.05) is 49.1 Å². The number of aromatic nitrogens is 2. The molecule has 7 nitrogen and oxygen atoms in total. The van der Waals surface area contributed by atoms with Crippen molar-refractivity contribution < 1.29 is 0 Å². The van der Waals surface area contributed by atoms with Crippen molar-refractivity contribution in [3.05, 3.63) is 59.9 Å². The maximum atomic E-state index is 9.44. The van der Waals surface area contributed by atoms with Crippen LogP contribution in [-0.2, 0) is 6.54 Å². The Morgan fingerprint density at radius 1 is 1.00 bits per heavy atom. The number of benzene rings is 2. The molecule has 2 aliphatic heterocycles. The van der Waals surface area contributed by atoms with Gasteiger partial charge in [0.05, 0.1) is 11.3 Å². The monoisotopic (exact) mass is 441 g/mol. The van der Waals surface area contributed by atoms with E-state index >= 15 is 0 Å². The van der Waals surface area contributed by atoms with Gasteiger partial charge in [-0.3, -0.25) is 9.97 Å². The summed E-state index contributed by atoms with van der Waals surface area (Å²) in [4.78, 5) is 13.8. The highest BCUT2D eigenvalue weighted by Crippen LogP contribution is 2.30. The molecule has 170 valence electrons. The zero-order valence-electron chi connectivity index (χ0n) is 19.2. The lowest BCUT2D eigenvalue weighted by atomic mass is 9.94. The molecule has 0 spiro atoms. The average Bonchev–Trinajstić information content (AvgIpc) is 2.87. The molecule has 0 amide bonds. The van der Waals surface area contributed by atoms with Gasteiger partial charge in [0.25, 0.3) is 0 Å². The molecule has 0 saturated carbocycles. The fraction of sp³-hybridized carbons (Fsp3) is 0.423. The number of hydrogen-bond acceptors (Lipinski definition) is 7. The van der Waals surface area contributed by atoms with E-state index in [2.05, 4.69) is 67.7 Å². The number of anilines is 2. The van der Waals surface area contributed by atoms with Crippen molar-refractivity contribution in [3.63, 3.8) is 0 Å². The van der Waals surface area contributed by atoms with Crippen LogP contribution in [-0.4, -0.2) is 55.3 Å². The van der Waals surface area contributed by atoms with Gasteiger partial charge in [0, 0.05) is 69.9 Å². The fourth-order valence-corrected chi connectivity index (χ4v) is 5.09. The third-order valence-corrected chi connectivity index (χ3v) is 6.74. The van der Waals surface area contributed by atoms with E-state index in [1.165, 1.54) is 11.3 Å². The van der Waals surface area contributed by atoms with E-state index in [1.54, 1.807) is 12.4 Å². The summed E-state index contributed by atoms with van der Waals surface area (Å²) in [5.41, 5.74) is 5.76. The van der Waals surface area contributed by atoms with Crippen LogP contribution < -0.4 is 20.4 Å². The van der Waals surface area contributed by atoms with E-state index in [1.807, 2.05) is 12.1 Å². The van der Waals surface area contributed by atoms with Crippen molar-refractivity contribution in [1.82, 2.24) is 20.6 Å². The Morgan fingerprint density at radius 3 is 2.52 bits per heavy atom. The molecule has 2 aromatic carbocycles. The molecule has 0 bridgehead atoms. The Bertz CT molecular complexity index is 1130. The number of nitrogens with one attached hydrogen (secondary N) is 2. The summed E-state index contributed by atoms with van der Waals surface area (Å²) in [6, 6.07) is 15.5. The molecule has 2 N–H and O–H groups in total. The minimum absolute atomic E-state index is 0.393. The second kappa shape index (κ2) is 9.74. The van der Waals surface area contributed by atoms with Crippen LogP contribution in [0.1, 0.15) is 24.5 Å². The maximum Gasteiger partial charge on any atom is 0.113 e. The van der Waals surface area contributed by atoms with E-state index in [9.17, 15) is 5.26 Å². The molecule has 0 radical (unpaired) electrons. The molecule has 3 aromatic rings. The molecule has 2 saturated heterocycles. The average molecular weight is 442 g/mol. The lowest BCUT2D eigenvalue weighted by Gasteiger charge is -2.38. The molecule has 1 unspecified atom stereocenters. The summed E-state index contributed by atoms with van der Waals surface area (Å²) in [5.74, 6) is 0.564. The molecule has 5 rings (SSSR count). The molecule has 3 heterocycles. The fourth-order valence-electron chi connectivity index (χ4n) is 5.09. The zero-order valence-corrected chi connectivity index (χ0v) is 19.2. The van der Waals surface area contributed by atoms with Gasteiger partial charge in [0.1, 0.15) is 17.1 Å². The number of piperidine rings is 1. The molecular weight excluding hydrogens is 410 g/mol. The van der Waals surface area contributed by atoms with E-state index in [-0.39, 0.29) is 0 Å². The van der Waals surface area contributed by atoms with Crippen LogP contribution in [0.15, 0.2) is 48.8 Å². The smallest absolute Gasteiger partial charge is 0.113 e. The van der Waals surface area contributed by atoms with Gasteiger partial charge in [-0.05, 0) is 42.2 Å². The number of hydrogen-bond donors (Lipinski definition) is 2. The van der Waals surface area contributed by atoms with Crippen molar-refractivity contribution in [1.29, 1.82) is 5.26 Å². The minimum Gasteiger partial charge on any atom is -0.369 e. The third-order valence-electron chi connectivity index (χ3n) is 6.74. The van der Waals surface area contributed by atoms with Crippen LogP contribution in [0.5, 0.6) is 0 Å². The van der Waals surface area contributed by atoms with Gasteiger partial charge in [-0.1, -0.05) is 19.1 Å². The highest BCUT2D eigenvalue weighted by molar-refractivity contribution is 5.92. The van der Waals surface area contributed by atoms with Gasteiger partial charge in [-0.25, -0.2) is 0 Å². The quantitative estimate of drug-likeness (QED) is 0.630. The van der Waals surface area contributed by atoms with Crippen LogP contribution in [0.4, 0.5) is 11.4 Å². The Hall–Kier alpha value is -3.21. The Balaban J connectivity index is 1.26. The summed E-state index contributed by atoms with van der Waals surface area (Å²) in [6.07, 6.45) is 4.51. The summed E-state index contributed by atoms with van der Waals surface area (Å²) in [7, 11) is 0. The van der Waals surface area contributed by atoms with E-state index < -0.39 is 0 Å². The molecular formula is C26H31N7. The molecule has 2 fully saturated rings. The van der Waals surface area contributed by atoms with Gasteiger partial charge < -0.3 is 20.4 Å². The van der Waals surface area contributed by atoms with E-state index in [0.717, 1.165) is 63.4 Å². The van der Waals surface area contributed by atoms with Crippen molar-refractivity contribution in [2.24, 2.45) is 5.92 Å². The van der Waals surface area contributed by atoms with Gasteiger partial charge in [-0.2, -0.15) is 5.26 Å². The molecule has 1 aromatic heterocycles. The van der Waals surface area contributed by atoms with Gasteiger partial charge in [0.2, 0.25) is 0 Å². The predicted molar refractivity (Wildman–Crippen MR) is 132 cm³/mol. The van der Waals surface area contributed by atoms with Gasteiger partial charge >= 0.3 is 0 Å². The van der Waals surface area contributed by atoms with Gasteiger partial charge in [-0.15, -0.1) is 0 Å². The SMILES string of the molecule is C[C@H]1CC(NCc2ccc(N3CCNCC3)cc2)CN(c2ccc(C#N)c3nccnc23)C1. The molecule has 2 aliphatic rings. The topological polar surface area (TPSA) is 80.1 Å². The summed E-state index contributed by atoms with van der Waals surface area (Å²) < 4.78 is 0. The van der Waals surface area contributed by atoms with Crippen LogP contribution >= 0.6 is 0 Å². The Kier molecular flexibility index (Phi) is 6.38. The lowest BCUT2D eigenvalue weighted by molar-refractivity contribution is 0.350. The first-order valence-electron chi connectivity index (χ1n) is 11.9. The lowest BCUT2D eigenvalue weighted by Crippen LogP contribution is -2.48. The van der Waals surface area contributed by atoms with Crippen LogP contribution in [0.2, 0.25) is 0 Å². The van der Waals surface area contributed by atoms with Gasteiger partial charge in [0.15, 0.2) is 0 Å². The molecule has 7 heteroatoms. The second-order valence-corrected chi connectivity index (χ2v) is 9.22. The standard InChI is InChI=1S/C26H31N7/c1-19-14-22(31-16-20-2-5-23(6-3-20)32-12-10-28-11-13-32)18-33(17-19)24-7-4-21(15-27)25-26(24)30-9-8-29-25/h2-9,19,22,28,31H,10-14,16-18H2,1H3/t19-,22?/m0/s1. The highest BCUT2D eigenvalue weighted by atomic mass is 15.2. The number of fused-ring (bicyclic) bond motifs is 1. The predicted octanol–water partition coefficient (Wildman–Crippen LogP) is 2.92. The maximum absolute atomic E-state index is 9.44. The highest BCUT2D eigenvalue weighted by Gasteiger charge is 2.26. The number of piperazine rings is 1. The second-order valence-electron chi connectivity index (χ2n) is 9.22. The van der Waals surface area contributed by atoms with E-state index in [0.29, 0.717) is 23.0 Å². The number of rotatable bonds is 5. The summed E-state index contributed by atoms with van der Waals surface area (Å²) in [6.45, 7) is 9.32. The van der Waals surface area contributed by atoms with Crippen LogP contribution in [0.25, 0.3) is 11.0 Å². The zero-order chi connectivity index (χ0) is 22.6. The first-order chi connectivity index (χ1) is 16.2.